The molecule has 0 aliphatic rings. The summed E-state index contributed by atoms with van der Waals surface area (Å²) in [7, 11) is 0. The van der Waals surface area contributed by atoms with Crippen LogP contribution >= 0.6 is 24.0 Å². The average molecular weight is 267 g/mol. The summed E-state index contributed by atoms with van der Waals surface area (Å²) in [5.41, 5.74) is 5.57. The highest BCUT2D eigenvalue weighted by Gasteiger charge is 2.24. The first kappa shape index (κ1) is 15.0. The van der Waals surface area contributed by atoms with Gasteiger partial charge >= 0.3 is 0 Å². The molecule has 0 saturated carbocycles. The first-order valence-electron chi connectivity index (χ1n) is 4.40. The van der Waals surface area contributed by atoms with Gasteiger partial charge in [-0.2, -0.15) is 0 Å². The van der Waals surface area contributed by atoms with Gasteiger partial charge < -0.3 is 10.8 Å². The van der Waals surface area contributed by atoms with Crippen molar-refractivity contribution in [3.63, 3.8) is 0 Å². The number of phenolic OH excluding ortho intramolecular Hbond substituents is 1. The number of rotatable bonds is 3. The molecule has 90 valence electrons. The zero-order valence-corrected chi connectivity index (χ0v) is 10.1. The van der Waals surface area contributed by atoms with Crippen molar-refractivity contribution >= 4 is 29.7 Å². The van der Waals surface area contributed by atoms with Crippen LogP contribution in [0.2, 0.25) is 5.02 Å². The maximum Gasteiger partial charge on any atom is 0.277 e. The van der Waals surface area contributed by atoms with Crippen LogP contribution in [0.3, 0.4) is 0 Å². The van der Waals surface area contributed by atoms with Crippen molar-refractivity contribution in [3.8, 4) is 5.75 Å². The fourth-order valence-electron chi connectivity index (χ4n) is 1.30. The molecule has 0 heterocycles. The molecule has 5 nitrogen and oxygen atoms in total. The summed E-state index contributed by atoms with van der Waals surface area (Å²) in [6, 6.07) is 1.93. The normalized spacial score (nSPS) is 11.7. The molecule has 0 saturated heterocycles. The molecule has 16 heavy (non-hydrogen) atoms. The summed E-state index contributed by atoms with van der Waals surface area (Å²) in [5.74, 6) is -0.305. The zero-order chi connectivity index (χ0) is 11.6. The summed E-state index contributed by atoms with van der Waals surface area (Å²) in [6.07, 6.45) is 0.481. The molecule has 1 aromatic carbocycles. The van der Waals surface area contributed by atoms with E-state index in [1.807, 2.05) is 0 Å². The molecule has 0 unspecified atom stereocenters. The Morgan fingerprint density at radius 2 is 2.19 bits per heavy atom. The van der Waals surface area contributed by atoms with Crippen LogP contribution in [0.15, 0.2) is 12.1 Å². The lowest BCUT2D eigenvalue weighted by molar-refractivity contribution is -0.385. The Morgan fingerprint density at radius 3 is 2.62 bits per heavy atom. The standard InChI is InChI=1S/C9H11ClN2O3.ClH/c1-2-6(11)8-7(12(14)15)4-3-5(10)9(8)13;/h3-4,6,13H,2,11H2,1H3;1H/t6-;/m0./s1. The molecule has 0 amide bonds. The van der Waals surface area contributed by atoms with E-state index in [9.17, 15) is 15.2 Å². The van der Waals surface area contributed by atoms with E-state index < -0.39 is 11.0 Å². The molecule has 1 rings (SSSR count). The lowest BCUT2D eigenvalue weighted by Gasteiger charge is -2.12. The Hall–Kier alpha value is -1.04. The van der Waals surface area contributed by atoms with Crippen molar-refractivity contribution < 1.29 is 10.0 Å². The summed E-state index contributed by atoms with van der Waals surface area (Å²) < 4.78 is 0. The lowest BCUT2D eigenvalue weighted by Crippen LogP contribution is -2.11. The van der Waals surface area contributed by atoms with E-state index in [-0.39, 0.29) is 34.4 Å². The minimum atomic E-state index is -0.593. The quantitative estimate of drug-likeness (QED) is 0.650. The number of phenols is 1. The van der Waals surface area contributed by atoms with E-state index in [0.29, 0.717) is 6.42 Å². The second kappa shape index (κ2) is 5.89. The Kier molecular flexibility index (Phi) is 5.50. The predicted molar refractivity (Wildman–Crippen MR) is 64.2 cm³/mol. The van der Waals surface area contributed by atoms with Gasteiger partial charge in [-0.3, -0.25) is 10.1 Å². The first-order chi connectivity index (χ1) is 6.99. The fourth-order valence-corrected chi connectivity index (χ4v) is 1.46. The number of benzene rings is 1. The van der Waals surface area contributed by atoms with E-state index in [2.05, 4.69) is 0 Å². The number of hydrogen-bond acceptors (Lipinski definition) is 4. The zero-order valence-electron chi connectivity index (χ0n) is 8.51. The first-order valence-corrected chi connectivity index (χ1v) is 4.78. The number of nitrogens with zero attached hydrogens (tertiary/aromatic N) is 1. The summed E-state index contributed by atoms with van der Waals surface area (Å²) in [6.45, 7) is 1.77. The minimum Gasteiger partial charge on any atom is -0.506 e. The van der Waals surface area contributed by atoms with Gasteiger partial charge in [0, 0.05) is 12.1 Å². The van der Waals surface area contributed by atoms with Crippen molar-refractivity contribution in [2.45, 2.75) is 19.4 Å². The van der Waals surface area contributed by atoms with Crippen LogP contribution in [-0.2, 0) is 0 Å². The van der Waals surface area contributed by atoms with Crippen LogP contribution in [0, 0.1) is 10.1 Å². The number of halogens is 2. The van der Waals surface area contributed by atoms with E-state index in [0.717, 1.165) is 0 Å². The van der Waals surface area contributed by atoms with Crippen molar-refractivity contribution in [2.75, 3.05) is 0 Å². The molecule has 1 atom stereocenters. The molecule has 0 fully saturated rings. The molecular formula is C9H12Cl2N2O3. The van der Waals surface area contributed by atoms with Crippen molar-refractivity contribution in [1.29, 1.82) is 0 Å². The molecule has 7 heteroatoms. The van der Waals surface area contributed by atoms with Gasteiger partial charge in [-0.05, 0) is 12.5 Å². The SMILES string of the molecule is CC[C@H](N)c1c([N+](=O)[O-])ccc(Cl)c1O.Cl. The highest BCUT2D eigenvalue weighted by Crippen LogP contribution is 2.38. The molecule has 3 N–H and O–H groups in total. The number of aromatic hydroxyl groups is 1. The van der Waals surface area contributed by atoms with Crippen molar-refractivity contribution in [3.05, 3.63) is 32.8 Å². The maximum atomic E-state index is 10.7. The highest BCUT2D eigenvalue weighted by molar-refractivity contribution is 6.32. The summed E-state index contributed by atoms with van der Waals surface area (Å²) >= 11 is 5.66. The second-order valence-electron chi connectivity index (χ2n) is 3.10. The molecule has 0 bridgehead atoms. The smallest absolute Gasteiger partial charge is 0.277 e. The number of nitro groups is 1. The Labute approximate surface area is 104 Å². The summed E-state index contributed by atoms with van der Waals surface area (Å²) in [5, 5.41) is 20.4. The van der Waals surface area contributed by atoms with Gasteiger partial charge in [-0.1, -0.05) is 18.5 Å². The van der Waals surface area contributed by atoms with Gasteiger partial charge in [0.2, 0.25) is 0 Å². The third kappa shape index (κ3) is 2.75. The van der Waals surface area contributed by atoms with Gasteiger partial charge in [-0.25, -0.2) is 0 Å². The van der Waals surface area contributed by atoms with Crippen LogP contribution in [0.4, 0.5) is 5.69 Å². The van der Waals surface area contributed by atoms with E-state index in [1.54, 1.807) is 6.92 Å². The fraction of sp³-hybridized carbons (Fsp3) is 0.333. The predicted octanol–water partition coefficient (Wildman–Crippen LogP) is 2.79. The minimum absolute atomic E-state index is 0. The highest BCUT2D eigenvalue weighted by atomic mass is 35.5. The third-order valence-corrected chi connectivity index (χ3v) is 2.46. The third-order valence-electron chi connectivity index (χ3n) is 2.15. The molecule has 0 aromatic heterocycles. The Bertz CT molecular complexity index is 399. The van der Waals surface area contributed by atoms with Gasteiger partial charge in [0.15, 0.2) is 0 Å². The number of nitro benzene ring substituents is 1. The average Bonchev–Trinajstić information content (AvgIpc) is 2.20. The van der Waals surface area contributed by atoms with Crippen LogP contribution in [0.25, 0.3) is 0 Å². The van der Waals surface area contributed by atoms with Gasteiger partial charge in [0.25, 0.3) is 5.69 Å². The van der Waals surface area contributed by atoms with Crippen LogP contribution in [0.1, 0.15) is 24.9 Å². The monoisotopic (exact) mass is 266 g/mol. The Balaban J connectivity index is 0.00000225. The number of hydrogen-bond donors (Lipinski definition) is 2. The van der Waals surface area contributed by atoms with Crippen molar-refractivity contribution in [2.24, 2.45) is 5.73 Å². The van der Waals surface area contributed by atoms with Crippen LogP contribution < -0.4 is 5.73 Å². The summed E-state index contributed by atoms with van der Waals surface area (Å²) in [4.78, 5) is 10.1. The molecule has 1 aromatic rings. The van der Waals surface area contributed by atoms with Crippen LogP contribution in [-0.4, -0.2) is 10.0 Å². The second-order valence-corrected chi connectivity index (χ2v) is 3.51. The largest absolute Gasteiger partial charge is 0.506 e. The number of nitrogens with two attached hydrogens (primary N) is 1. The Morgan fingerprint density at radius 1 is 1.62 bits per heavy atom. The van der Waals surface area contributed by atoms with E-state index in [1.165, 1.54) is 12.1 Å². The van der Waals surface area contributed by atoms with E-state index >= 15 is 0 Å². The van der Waals surface area contributed by atoms with Crippen molar-refractivity contribution in [1.82, 2.24) is 0 Å². The topological polar surface area (TPSA) is 89.4 Å². The molecular weight excluding hydrogens is 255 g/mol. The van der Waals surface area contributed by atoms with Gasteiger partial charge in [0.1, 0.15) is 5.75 Å². The van der Waals surface area contributed by atoms with Crippen LogP contribution in [0.5, 0.6) is 5.75 Å². The molecule has 0 spiro atoms. The molecule has 0 radical (unpaired) electrons. The van der Waals surface area contributed by atoms with Gasteiger partial charge in [0.05, 0.1) is 15.5 Å². The molecule has 0 aliphatic heterocycles. The molecule has 0 aliphatic carbocycles. The lowest BCUT2D eigenvalue weighted by atomic mass is 10.0. The van der Waals surface area contributed by atoms with Gasteiger partial charge in [-0.15, -0.1) is 12.4 Å². The maximum absolute atomic E-state index is 10.7. The van der Waals surface area contributed by atoms with E-state index in [4.69, 9.17) is 17.3 Å².